The van der Waals surface area contributed by atoms with Crippen molar-refractivity contribution < 1.29 is 23.8 Å². The molecular weight excluding hydrogens is 440 g/mol. The number of guanidine groups is 1. The Morgan fingerprint density at radius 1 is 1.15 bits per heavy atom. The summed E-state index contributed by atoms with van der Waals surface area (Å²) in [7, 11) is 0. The van der Waals surface area contributed by atoms with Gasteiger partial charge in [0.15, 0.2) is 12.1 Å². The average molecular weight is 466 g/mol. The molecular formula is C24H26N4O6. The fraction of sp³-hybridized carbons (Fsp3) is 0.250. The molecule has 2 atom stereocenters. The van der Waals surface area contributed by atoms with Gasteiger partial charge in [-0.25, -0.2) is 9.59 Å². The Balaban J connectivity index is 1.71. The minimum atomic E-state index is -1.17. The molecule has 6 N–H and O–H groups in total. The van der Waals surface area contributed by atoms with Gasteiger partial charge in [0.25, 0.3) is 5.91 Å². The van der Waals surface area contributed by atoms with E-state index >= 15 is 0 Å². The molecule has 0 saturated heterocycles. The summed E-state index contributed by atoms with van der Waals surface area (Å²) in [4.78, 5) is 39.9. The molecule has 0 bridgehead atoms. The Kier molecular flexibility index (Phi) is 7.86. The molecule has 3 aromatic rings. The van der Waals surface area contributed by atoms with Crippen LogP contribution in [0.25, 0.3) is 22.1 Å². The minimum Gasteiger partial charge on any atom is -0.481 e. The van der Waals surface area contributed by atoms with Gasteiger partial charge in [-0.15, -0.1) is 0 Å². The van der Waals surface area contributed by atoms with Crippen LogP contribution in [-0.2, 0) is 9.59 Å². The highest BCUT2D eigenvalue weighted by Gasteiger charge is 2.24. The van der Waals surface area contributed by atoms with Crippen LogP contribution in [0.4, 0.5) is 0 Å². The number of hydrogen-bond acceptors (Lipinski definition) is 6. The van der Waals surface area contributed by atoms with Crippen LogP contribution in [0.15, 0.2) is 68.8 Å². The van der Waals surface area contributed by atoms with Crippen LogP contribution in [0.1, 0.15) is 19.8 Å². The van der Waals surface area contributed by atoms with E-state index in [1.54, 1.807) is 12.1 Å². The quantitative estimate of drug-likeness (QED) is 0.152. The van der Waals surface area contributed by atoms with Crippen molar-refractivity contribution in [3.63, 3.8) is 0 Å². The molecule has 2 unspecified atom stereocenters. The molecule has 1 aromatic heterocycles. The second-order valence-corrected chi connectivity index (χ2v) is 7.61. The zero-order chi connectivity index (χ0) is 24.7. The number of carboxylic acids is 1. The van der Waals surface area contributed by atoms with Crippen LogP contribution in [0.3, 0.4) is 0 Å². The van der Waals surface area contributed by atoms with E-state index in [2.05, 4.69) is 10.3 Å². The molecule has 1 amide bonds. The van der Waals surface area contributed by atoms with Gasteiger partial charge in [0.05, 0.1) is 0 Å². The minimum absolute atomic E-state index is 0.0833. The first-order chi connectivity index (χ1) is 16.2. The number of fused-ring (bicyclic) bond motifs is 1. The number of carbonyl (C=O) groups is 2. The molecule has 2 aromatic carbocycles. The van der Waals surface area contributed by atoms with Crippen molar-refractivity contribution in [1.29, 1.82) is 0 Å². The largest absolute Gasteiger partial charge is 0.481 e. The van der Waals surface area contributed by atoms with Crippen molar-refractivity contribution in [3.8, 4) is 16.9 Å². The number of aliphatic carboxylic acids is 1. The normalized spacial score (nSPS) is 12.5. The lowest BCUT2D eigenvalue weighted by Gasteiger charge is -2.19. The first-order valence-electron chi connectivity index (χ1n) is 10.6. The Labute approximate surface area is 195 Å². The number of nitrogens with one attached hydrogen (secondary N) is 1. The van der Waals surface area contributed by atoms with E-state index in [0.717, 1.165) is 5.56 Å². The second kappa shape index (κ2) is 11.0. The van der Waals surface area contributed by atoms with Gasteiger partial charge < -0.3 is 31.0 Å². The number of hydrogen-bond donors (Lipinski definition) is 4. The first-order valence-corrected chi connectivity index (χ1v) is 10.6. The summed E-state index contributed by atoms with van der Waals surface area (Å²) < 4.78 is 11.0. The van der Waals surface area contributed by atoms with Crippen molar-refractivity contribution in [1.82, 2.24) is 5.32 Å². The van der Waals surface area contributed by atoms with Gasteiger partial charge in [-0.05, 0) is 43.0 Å². The second-order valence-electron chi connectivity index (χ2n) is 7.61. The van der Waals surface area contributed by atoms with Crippen molar-refractivity contribution in [2.24, 2.45) is 16.5 Å². The van der Waals surface area contributed by atoms with Crippen LogP contribution in [0, 0.1) is 0 Å². The van der Waals surface area contributed by atoms with E-state index < -0.39 is 29.6 Å². The van der Waals surface area contributed by atoms with E-state index in [1.807, 2.05) is 30.3 Å². The van der Waals surface area contributed by atoms with Crippen molar-refractivity contribution >= 4 is 28.8 Å². The summed E-state index contributed by atoms with van der Waals surface area (Å²) >= 11 is 0. The molecule has 0 saturated carbocycles. The Bertz CT molecular complexity index is 1250. The molecule has 10 nitrogen and oxygen atoms in total. The van der Waals surface area contributed by atoms with Crippen LogP contribution in [0.5, 0.6) is 5.75 Å². The van der Waals surface area contributed by atoms with Gasteiger partial charge in [-0.2, -0.15) is 0 Å². The zero-order valence-corrected chi connectivity index (χ0v) is 18.6. The highest BCUT2D eigenvalue weighted by molar-refractivity contribution is 5.94. The molecule has 178 valence electrons. The predicted molar refractivity (Wildman–Crippen MR) is 127 cm³/mol. The van der Waals surface area contributed by atoms with E-state index in [1.165, 1.54) is 19.1 Å². The lowest BCUT2D eigenvalue weighted by Crippen LogP contribution is -2.46. The van der Waals surface area contributed by atoms with Crippen molar-refractivity contribution in [2.45, 2.75) is 31.9 Å². The topological polar surface area (TPSA) is 170 Å². The molecule has 0 aliphatic heterocycles. The van der Waals surface area contributed by atoms with Gasteiger partial charge >= 0.3 is 11.6 Å². The lowest BCUT2D eigenvalue weighted by atomic mass is 10.0. The van der Waals surface area contributed by atoms with Gasteiger partial charge in [0.2, 0.25) is 0 Å². The number of ether oxygens (including phenoxy) is 1. The molecule has 3 rings (SSSR count). The third kappa shape index (κ3) is 6.35. The first kappa shape index (κ1) is 24.3. The van der Waals surface area contributed by atoms with Gasteiger partial charge in [-0.1, -0.05) is 30.3 Å². The smallest absolute Gasteiger partial charge is 0.336 e. The average Bonchev–Trinajstić information content (AvgIpc) is 2.80. The third-order valence-corrected chi connectivity index (χ3v) is 5.04. The monoisotopic (exact) mass is 466 g/mol. The summed E-state index contributed by atoms with van der Waals surface area (Å²) in [5.74, 6) is -1.57. The van der Waals surface area contributed by atoms with Crippen LogP contribution >= 0.6 is 0 Å². The van der Waals surface area contributed by atoms with E-state index in [9.17, 15) is 19.5 Å². The van der Waals surface area contributed by atoms with Crippen LogP contribution < -0.4 is 27.1 Å². The standard InChI is InChI=1S/C24H26N4O6/c1-14(22(30)28-19(23(31)32)8-5-11-27-24(25)26)33-16-9-10-17-18(15-6-3-2-4-7-15)13-21(29)34-20(17)12-16/h2-4,6-7,9-10,12-14,19H,5,8,11H2,1H3,(H,28,30)(H,31,32)(H4,25,26,27). The molecule has 10 heteroatoms. The SMILES string of the molecule is CC(Oc1ccc2c(-c3ccccc3)cc(=O)oc2c1)C(=O)NC(CCCN=C(N)N)C(=O)O. The maximum absolute atomic E-state index is 12.5. The molecule has 0 aliphatic rings. The van der Waals surface area contributed by atoms with Gasteiger partial charge in [0.1, 0.15) is 17.4 Å². The van der Waals surface area contributed by atoms with Gasteiger partial charge in [-0.3, -0.25) is 9.79 Å². The molecule has 0 fully saturated rings. The van der Waals surface area contributed by atoms with Crippen molar-refractivity contribution in [3.05, 3.63) is 65.0 Å². The molecule has 34 heavy (non-hydrogen) atoms. The summed E-state index contributed by atoms with van der Waals surface area (Å²) in [5, 5.41) is 12.5. The Morgan fingerprint density at radius 2 is 1.88 bits per heavy atom. The number of amides is 1. The Hall–Kier alpha value is -4.34. The number of carbonyl (C=O) groups excluding carboxylic acids is 1. The van der Waals surface area contributed by atoms with Gasteiger partial charge in [0, 0.05) is 24.1 Å². The number of benzene rings is 2. The van der Waals surface area contributed by atoms with E-state index in [-0.39, 0.29) is 18.9 Å². The summed E-state index contributed by atoms with van der Waals surface area (Å²) in [5.41, 5.74) is 11.9. The molecule has 0 radical (unpaired) electrons. The summed E-state index contributed by atoms with van der Waals surface area (Å²) in [6.07, 6.45) is -0.479. The van der Waals surface area contributed by atoms with Crippen LogP contribution in [0.2, 0.25) is 0 Å². The number of nitrogens with zero attached hydrogens (tertiary/aromatic N) is 1. The van der Waals surface area contributed by atoms with E-state index in [4.69, 9.17) is 20.6 Å². The van der Waals surface area contributed by atoms with Crippen LogP contribution in [-0.4, -0.2) is 41.6 Å². The highest BCUT2D eigenvalue weighted by atomic mass is 16.5. The van der Waals surface area contributed by atoms with Crippen molar-refractivity contribution in [2.75, 3.05) is 6.54 Å². The number of nitrogens with two attached hydrogens (primary N) is 2. The molecule has 0 aliphatic carbocycles. The number of carboxylic acid groups (broad SMARTS) is 1. The molecule has 1 heterocycles. The third-order valence-electron chi connectivity index (χ3n) is 5.04. The number of aliphatic imine (C=N–C) groups is 1. The summed E-state index contributed by atoms with van der Waals surface area (Å²) in [6, 6.07) is 14.6. The fourth-order valence-electron chi connectivity index (χ4n) is 3.38. The predicted octanol–water partition coefficient (Wildman–Crippen LogP) is 1.85. The number of rotatable bonds is 10. The Morgan fingerprint density at radius 3 is 2.56 bits per heavy atom. The zero-order valence-electron chi connectivity index (χ0n) is 18.6. The summed E-state index contributed by atoms with van der Waals surface area (Å²) in [6.45, 7) is 1.75. The lowest BCUT2D eigenvalue weighted by molar-refractivity contribution is -0.143. The molecule has 0 spiro atoms. The maximum atomic E-state index is 12.5. The fourth-order valence-corrected chi connectivity index (χ4v) is 3.38. The highest BCUT2D eigenvalue weighted by Crippen LogP contribution is 2.29. The maximum Gasteiger partial charge on any atom is 0.336 e. The van der Waals surface area contributed by atoms with E-state index in [0.29, 0.717) is 28.7 Å².